The van der Waals surface area contributed by atoms with E-state index in [4.69, 9.17) is 28.3 Å². The molecule has 0 atom stereocenters. The van der Waals surface area contributed by atoms with Gasteiger partial charge in [-0.05, 0) is 42.2 Å². The highest BCUT2D eigenvalue weighted by Crippen LogP contribution is 2.33. The first kappa shape index (κ1) is 15.2. The fraction of sp³-hybridized carbons (Fsp3) is 0.214. The van der Waals surface area contributed by atoms with Crippen LogP contribution in [0.4, 0.5) is 8.78 Å². The number of halogens is 4. The summed E-state index contributed by atoms with van der Waals surface area (Å²) in [5.74, 6) is -1.36. The molecule has 0 saturated carbocycles. The molecule has 1 aromatic carbocycles. The van der Waals surface area contributed by atoms with Crippen molar-refractivity contribution in [3.8, 4) is 11.1 Å². The molecule has 2 nitrogen and oxygen atoms in total. The largest absolute Gasteiger partial charge is 0.396 e. The Hall–Kier alpha value is -1.23. The van der Waals surface area contributed by atoms with E-state index in [0.29, 0.717) is 24.0 Å². The van der Waals surface area contributed by atoms with Crippen LogP contribution in [0, 0.1) is 11.6 Å². The normalized spacial score (nSPS) is 10.8. The van der Waals surface area contributed by atoms with E-state index in [1.807, 2.05) is 0 Å². The van der Waals surface area contributed by atoms with Crippen molar-refractivity contribution in [3.05, 3.63) is 51.8 Å². The summed E-state index contributed by atoms with van der Waals surface area (Å²) in [6.45, 7) is -0.0235. The quantitative estimate of drug-likeness (QED) is 0.855. The minimum atomic E-state index is -0.700. The van der Waals surface area contributed by atoms with E-state index in [-0.39, 0.29) is 22.5 Å². The van der Waals surface area contributed by atoms with Gasteiger partial charge in [-0.15, -0.1) is 0 Å². The molecule has 0 unspecified atom stereocenters. The maximum Gasteiger partial charge on any atom is 0.134 e. The van der Waals surface area contributed by atoms with Gasteiger partial charge < -0.3 is 5.11 Å². The van der Waals surface area contributed by atoms with Gasteiger partial charge in [-0.25, -0.2) is 13.8 Å². The fourth-order valence-corrected chi connectivity index (χ4v) is 2.48. The molecule has 1 N–H and O–H groups in total. The zero-order chi connectivity index (χ0) is 14.7. The van der Waals surface area contributed by atoms with E-state index in [9.17, 15) is 8.78 Å². The van der Waals surface area contributed by atoms with Gasteiger partial charge in [-0.1, -0.05) is 23.2 Å². The van der Waals surface area contributed by atoms with Crippen molar-refractivity contribution in [2.24, 2.45) is 0 Å². The third kappa shape index (κ3) is 3.26. The van der Waals surface area contributed by atoms with Crippen LogP contribution < -0.4 is 0 Å². The number of benzene rings is 1. The van der Waals surface area contributed by atoms with Crippen molar-refractivity contribution in [2.45, 2.75) is 12.8 Å². The summed E-state index contributed by atoms with van der Waals surface area (Å²) in [4.78, 5) is 3.91. The van der Waals surface area contributed by atoms with Gasteiger partial charge in [0.1, 0.15) is 21.9 Å². The number of aromatic nitrogens is 1. The number of rotatable bonds is 4. The van der Waals surface area contributed by atoms with Crippen molar-refractivity contribution in [1.82, 2.24) is 4.98 Å². The molecule has 1 heterocycles. The van der Waals surface area contributed by atoms with E-state index < -0.39 is 11.6 Å². The van der Waals surface area contributed by atoms with Crippen LogP contribution in [0.5, 0.6) is 0 Å². The average molecular weight is 318 g/mol. The van der Waals surface area contributed by atoms with E-state index in [0.717, 1.165) is 12.1 Å². The van der Waals surface area contributed by atoms with Crippen molar-refractivity contribution in [1.29, 1.82) is 0 Å². The molecular weight excluding hydrogens is 307 g/mol. The fourth-order valence-electron chi connectivity index (χ4n) is 1.95. The topological polar surface area (TPSA) is 33.1 Å². The lowest BCUT2D eigenvalue weighted by molar-refractivity contribution is 0.288. The SMILES string of the molecule is OCCCc1c(-c2ccc(F)cc2F)cc(Cl)nc1Cl. The summed E-state index contributed by atoms with van der Waals surface area (Å²) in [6.07, 6.45) is 0.879. The molecule has 20 heavy (non-hydrogen) atoms. The molecule has 0 amide bonds. The van der Waals surface area contributed by atoms with Crippen molar-refractivity contribution < 1.29 is 13.9 Å². The minimum Gasteiger partial charge on any atom is -0.396 e. The average Bonchev–Trinajstić information content (AvgIpc) is 2.37. The molecule has 2 aromatic rings. The van der Waals surface area contributed by atoms with E-state index in [1.54, 1.807) is 0 Å². The lowest BCUT2D eigenvalue weighted by atomic mass is 9.98. The second-order valence-electron chi connectivity index (χ2n) is 4.21. The molecule has 6 heteroatoms. The Morgan fingerprint density at radius 1 is 1.10 bits per heavy atom. The van der Waals surface area contributed by atoms with E-state index in [1.165, 1.54) is 12.1 Å². The van der Waals surface area contributed by atoms with Crippen LogP contribution >= 0.6 is 23.2 Å². The lowest BCUT2D eigenvalue weighted by Gasteiger charge is -2.12. The molecular formula is C14H11Cl2F2NO. The Bertz CT molecular complexity index is 635. The zero-order valence-electron chi connectivity index (χ0n) is 10.3. The van der Waals surface area contributed by atoms with Crippen LogP contribution in [-0.2, 0) is 6.42 Å². The summed E-state index contributed by atoms with van der Waals surface area (Å²) in [5.41, 5.74) is 1.24. The highest BCUT2D eigenvalue weighted by atomic mass is 35.5. The van der Waals surface area contributed by atoms with Crippen molar-refractivity contribution in [3.63, 3.8) is 0 Å². The minimum absolute atomic E-state index is 0.0235. The number of aliphatic hydroxyl groups is 1. The summed E-state index contributed by atoms with van der Waals surface area (Å²) in [7, 11) is 0. The summed E-state index contributed by atoms with van der Waals surface area (Å²) in [5, 5.41) is 9.20. The van der Waals surface area contributed by atoms with Gasteiger partial charge in [0.15, 0.2) is 0 Å². The molecule has 106 valence electrons. The first-order valence-corrected chi connectivity index (χ1v) is 6.69. The number of hydrogen-bond donors (Lipinski definition) is 1. The zero-order valence-corrected chi connectivity index (χ0v) is 11.8. The maximum absolute atomic E-state index is 13.9. The second kappa shape index (κ2) is 6.48. The van der Waals surface area contributed by atoms with Gasteiger partial charge in [0.05, 0.1) is 0 Å². The van der Waals surface area contributed by atoms with Crippen LogP contribution in [-0.4, -0.2) is 16.7 Å². The predicted molar refractivity (Wildman–Crippen MR) is 75.0 cm³/mol. The Kier molecular flexibility index (Phi) is 4.91. The molecule has 0 radical (unpaired) electrons. The third-order valence-electron chi connectivity index (χ3n) is 2.85. The second-order valence-corrected chi connectivity index (χ2v) is 4.96. The third-order valence-corrected chi connectivity index (χ3v) is 3.36. The van der Waals surface area contributed by atoms with Gasteiger partial charge in [-0.3, -0.25) is 0 Å². The summed E-state index contributed by atoms with van der Waals surface area (Å²) >= 11 is 11.9. The molecule has 0 bridgehead atoms. The van der Waals surface area contributed by atoms with Gasteiger partial charge in [0.25, 0.3) is 0 Å². The standard InChI is InChI=1S/C14H11Cl2F2NO/c15-13-7-11(9-4-3-8(17)6-12(9)18)10(2-1-5-20)14(16)19-13/h3-4,6-7,20H,1-2,5H2. The van der Waals surface area contributed by atoms with Crippen LogP contribution in [0.1, 0.15) is 12.0 Å². The van der Waals surface area contributed by atoms with Gasteiger partial charge in [-0.2, -0.15) is 0 Å². The molecule has 2 rings (SSSR count). The Morgan fingerprint density at radius 2 is 1.85 bits per heavy atom. The van der Waals surface area contributed by atoms with Crippen LogP contribution in [0.25, 0.3) is 11.1 Å². The number of pyridine rings is 1. The summed E-state index contributed by atoms with van der Waals surface area (Å²) < 4.78 is 26.9. The molecule has 0 fully saturated rings. The molecule has 0 aliphatic heterocycles. The Morgan fingerprint density at radius 3 is 2.50 bits per heavy atom. The highest BCUT2D eigenvalue weighted by molar-refractivity contribution is 6.33. The number of nitrogens with zero attached hydrogens (tertiary/aromatic N) is 1. The lowest BCUT2D eigenvalue weighted by Crippen LogP contribution is -1.98. The van der Waals surface area contributed by atoms with Crippen LogP contribution in [0.3, 0.4) is 0 Å². The Labute approximate surface area is 125 Å². The van der Waals surface area contributed by atoms with Gasteiger partial charge in [0, 0.05) is 18.2 Å². The van der Waals surface area contributed by atoms with Gasteiger partial charge >= 0.3 is 0 Å². The van der Waals surface area contributed by atoms with Crippen LogP contribution in [0.15, 0.2) is 24.3 Å². The Balaban J connectivity index is 2.59. The molecule has 0 aliphatic carbocycles. The van der Waals surface area contributed by atoms with E-state index in [2.05, 4.69) is 4.98 Å². The molecule has 1 aromatic heterocycles. The van der Waals surface area contributed by atoms with Crippen LogP contribution in [0.2, 0.25) is 10.3 Å². The summed E-state index contributed by atoms with van der Waals surface area (Å²) in [6, 6.07) is 4.77. The maximum atomic E-state index is 13.9. The van der Waals surface area contributed by atoms with Crippen molar-refractivity contribution >= 4 is 23.2 Å². The predicted octanol–water partition coefficient (Wildman–Crippen LogP) is 4.26. The number of hydrogen-bond acceptors (Lipinski definition) is 2. The molecule has 0 saturated heterocycles. The smallest absolute Gasteiger partial charge is 0.134 e. The first-order chi connectivity index (χ1) is 9.52. The highest BCUT2D eigenvalue weighted by Gasteiger charge is 2.15. The van der Waals surface area contributed by atoms with Crippen molar-refractivity contribution in [2.75, 3.05) is 6.61 Å². The number of aliphatic hydroxyl groups excluding tert-OH is 1. The first-order valence-electron chi connectivity index (χ1n) is 5.94. The molecule has 0 aliphatic rings. The van der Waals surface area contributed by atoms with Gasteiger partial charge in [0.2, 0.25) is 0 Å². The molecule has 0 spiro atoms. The van der Waals surface area contributed by atoms with E-state index >= 15 is 0 Å². The monoisotopic (exact) mass is 317 g/mol.